The number of rotatable bonds is 4. The Morgan fingerprint density at radius 2 is 1.95 bits per heavy atom. The Bertz CT molecular complexity index is 494. The van der Waals surface area contributed by atoms with Crippen LogP contribution in [0.4, 0.5) is 5.69 Å². The molecule has 21 heavy (non-hydrogen) atoms. The quantitative estimate of drug-likeness (QED) is 0.858. The smallest absolute Gasteiger partial charge is 0.259 e. The van der Waals surface area contributed by atoms with Crippen molar-refractivity contribution in [2.45, 2.75) is 13.8 Å². The summed E-state index contributed by atoms with van der Waals surface area (Å²) in [5.41, 5.74) is 6.92. The number of nitrogens with zero attached hydrogens (tertiary/aromatic N) is 2. The minimum Gasteiger partial charge on any atom is -0.496 e. The molecule has 0 unspecified atom stereocenters. The Balaban J connectivity index is 2.06. The topological polar surface area (TPSA) is 58.8 Å². The first kappa shape index (κ1) is 15.6. The molecule has 1 aromatic rings. The summed E-state index contributed by atoms with van der Waals surface area (Å²) in [6, 6.07) is 5.31. The second kappa shape index (κ2) is 6.80. The van der Waals surface area contributed by atoms with Gasteiger partial charge < -0.3 is 15.4 Å². The molecule has 116 valence electrons. The van der Waals surface area contributed by atoms with Crippen LogP contribution in [0.3, 0.4) is 0 Å². The van der Waals surface area contributed by atoms with Crippen LogP contribution in [0.25, 0.3) is 0 Å². The summed E-state index contributed by atoms with van der Waals surface area (Å²) in [5, 5.41) is 0. The van der Waals surface area contributed by atoms with E-state index in [0.717, 1.165) is 32.7 Å². The highest BCUT2D eigenvalue weighted by molar-refractivity contribution is 6.01. The first-order valence-corrected chi connectivity index (χ1v) is 7.47. The van der Waals surface area contributed by atoms with Crippen molar-refractivity contribution in [2.24, 2.45) is 5.92 Å². The van der Waals surface area contributed by atoms with E-state index < -0.39 is 0 Å². The molecule has 0 bridgehead atoms. The number of nitrogen functional groups attached to an aromatic ring is 1. The van der Waals surface area contributed by atoms with E-state index in [0.29, 0.717) is 22.9 Å². The fourth-order valence-corrected chi connectivity index (χ4v) is 2.76. The van der Waals surface area contributed by atoms with Crippen LogP contribution in [0, 0.1) is 5.92 Å². The monoisotopic (exact) mass is 291 g/mol. The van der Waals surface area contributed by atoms with E-state index in [1.807, 2.05) is 4.90 Å². The molecule has 5 nitrogen and oxygen atoms in total. The molecule has 1 saturated heterocycles. The summed E-state index contributed by atoms with van der Waals surface area (Å²) < 4.78 is 5.27. The van der Waals surface area contributed by atoms with E-state index in [1.54, 1.807) is 25.3 Å². The van der Waals surface area contributed by atoms with Crippen LogP contribution in [-0.4, -0.2) is 55.5 Å². The van der Waals surface area contributed by atoms with Crippen molar-refractivity contribution < 1.29 is 9.53 Å². The SMILES string of the molecule is COc1cccc(N)c1C(=O)N1CCN(CC(C)C)CC1. The van der Waals surface area contributed by atoms with E-state index in [1.165, 1.54) is 0 Å². The van der Waals surface area contributed by atoms with Crippen molar-refractivity contribution in [3.05, 3.63) is 23.8 Å². The third-order valence-corrected chi connectivity index (χ3v) is 3.78. The fraction of sp³-hybridized carbons (Fsp3) is 0.562. The molecule has 1 amide bonds. The van der Waals surface area contributed by atoms with Gasteiger partial charge in [0.2, 0.25) is 0 Å². The van der Waals surface area contributed by atoms with Crippen LogP contribution < -0.4 is 10.5 Å². The number of carbonyl (C=O) groups is 1. The Morgan fingerprint density at radius 3 is 2.52 bits per heavy atom. The predicted molar refractivity (Wildman–Crippen MR) is 84.6 cm³/mol. The molecule has 1 aliphatic heterocycles. The van der Waals surface area contributed by atoms with Gasteiger partial charge in [-0.1, -0.05) is 19.9 Å². The van der Waals surface area contributed by atoms with Crippen molar-refractivity contribution in [1.82, 2.24) is 9.80 Å². The van der Waals surface area contributed by atoms with Crippen LogP contribution in [0.5, 0.6) is 5.75 Å². The van der Waals surface area contributed by atoms with Crippen molar-refractivity contribution in [3.63, 3.8) is 0 Å². The van der Waals surface area contributed by atoms with Gasteiger partial charge in [-0.15, -0.1) is 0 Å². The molecule has 0 saturated carbocycles. The highest BCUT2D eigenvalue weighted by Crippen LogP contribution is 2.26. The Labute approximate surface area is 126 Å². The summed E-state index contributed by atoms with van der Waals surface area (Å²) in [7, 11) is 1.56. The van der Waals surface area contributed by atoms with Crippen molar-refractivity contribution in [2.75, 3.05) is 45.6 Å². The Hall–Kier alpha value is -1.75. The first-order chi connectivity index (χ1) is 10.0. The van der Waals surface area contributed by atoms with Gasteiger partial charge >= 0.3 is 0 Å². The number of piperazine rings is 1. The zero-order valence-corrected chi connectivity index (χ0v) is 13.1. The third kappa shape index (κ3) is 3.67. The molecule has 1 aromatic carbocycles. The van der Waals surface area contributed by atoms with Gasteiger partial charge in [0.05, 0.1) is 7.11 Å². The summed E-state index contributed by atoms with van der Waals surface area (Å²) in [4.78, 5) is 16.9. The average molecular weight is 291 g/mol. The van der Waals surface area contributed by atoms with E-state index in [4.69, 9.17) is 10.5 Å². The normalized spacial score (nSPS) is 16.3. The van der Waals surface area contributed by atoms with Crippen LogP contribution in [0.2, 0.25) is 0 Å². The number of anilines is 1. The highest BCUT2D eigenvalue weighted by atomic mass is 16.5. The molecule has 0 radical (unpaired) electrons. The molecule has 5 heteroatoms. The van der Waals surface area contributed by atoms with Crippen LogP contribution >= 0.6 is 0 Å². The standard InChI is InChI=1S/C16H25N3O2/c1-12(2)11-18-7-9-19(10-8-18)16(20)15-13(17)5-4-6-14(15)21-3/h4-6,12H,7-11,17H2,1-3H3. The molecule has 0 aromatic heterocycles. The van der Waals surface area contributed by atoms with E-state index >= 15 is 0 Å². The van der Waals surface area contributed by atoms with Crippen molar-refractivity contribution in [3.8, 4) is 5.75 Å². The number of methoxy groups -OCH3 is 1. The number of benzene rings is 1. The number of hydrogen-bond acceptors (Lipinski definition) is 4. The fourth-order valence-electron chi connectivity index (χ4n) is 2.76. The van der Waals surface area contributed by atoms with Gasteiger partial charge in [0.15, 0.2) is 0 Å². The molecule has 0 aliphatic carbocycles. The summed E-state index contributed by atoms with van der Waals surface area (Å²) >= 11 is 0. The Kier molecular flexibility index (Phi) is 5.07. The second-order valence-corrected chi connectivity index (χ2v) is 5.91. The number of hydrogen-bond donors (Lipinski definition) is 1. The molecular weight excluding hydrogens is 266 g/mol. The minimum absolute atomic E-state index is 0.0332. The van der Waals surface area contributed by atoms with Crippen LogP contribution in [0.15, 0.2) is 18.2 Å². The van der Waals surface area contributed by atoms with Gasteiger partial charge in [0, 0.05) is 38.4 Å². The summed E-state index contributed by atoms with van der Waals surface area (Å²) in [5.74, 6) is 1.16. The molecule has 2 rings (SSSR count). The molecule has 1 aliphatic rings. The first-order valence-electron chi connectivity index (χ1n) is 7.47. The van der Waals surface area contributed by atoms with Crippen molar-refractivity contribution in [1.29, 1.82) is 0 Å². The largest absolute Gasteiger partial charge is 0.496 e. The van der Waals surface area contributed by atoms with Crippen molar-refractivity contribution >= 4 is 11.6 Å². The number of carbonyl (C=O) groups excluding carboxylic acids is 1. The van der Waals surface area contributed by atoms with Gasteiger partial charge in [-0.2, -0.15) is 0 Å². The molecular formula is C16H25N3O2. The molecule has 1 fully saturated rings. The maximum absolute atomic E-state index is 12.7. The second-order valence-electron chi connectivity index (χ2n) is 5.91. The molecule has 0 spiro atoms. The molecule has 1 heterocycles. The number of ether oxygens (including phenoxy) is 1. The van der Waals surface area contributed by atoms with Crippen LogP contribution in [-0.2, 0) is 0 Å². The van der Waals surface area contributed by atoms with Crippen LogP contribution in [0.1, 0.15) is 24.2 Å². The van der Waals surface area contributed by atoms with E-state index in [2.05, 4.69) is 18.7 Å². The number of amides is 1. The summed E-state index contributed by atoms with van der Waals surface area (Å²) in [6.45, 7) is 8.82. The lowest BCUT2D eigenvalue weighted by atomic mass is 10.1. The van der Waals surface area contributed by atoms with Gasteiger partial charge in [0.1, 0.15) is 11.3 Å². The van der Waals surface area contributed by atoms with Gasteiger partial charge in [-0.3, -0.25) is 9.69 Å². The van der Waals surface area contributed by atoms with Gasteiger partial charge in [-0.05, 0) is 18.1 Å². The minimum atomic E-state index is -0.0332. The molecule has 2 N–H and O–H groups in total. The Morgan fingerprint density at radius 1 is 1.29 bits per heavy atom. The highest BCUT2D eigenvalue weighted by Gasteiger charge is 2.25. The van der Waals surface area contributed by atoms with Gasteiger partial charge in [0.25, 0.3) is 5.91 Å². The lowest BCUT2D eigenvalue weighted by Gasteiger charge is -2.35. The summed E-state index contributed by atoms with van der Waals surface area (Å²) in [6.07, 6.45) is 0. The number of nitrogens with two attached hydrogens (primary N) is 1. The van der Waals surface area contributed by atoms with E-state index in [-0.39, 0.29) is 5.91 Å². The average Bonchev–Trinajstić information content (AvgIpc) is 2.46. The third-order valence-electron chi connectivity index (χ3n) is 3.78. The maximum Gasteiger partial charge on any atom is 0.259 e. The van der Waals surface area contributed by atoms with E-state index in [9.17, 15) is 4.79 Å². The predicted octanol–water partition coefficient (Wildman–Crippen LogP) is 1.69. The maximum atomic E-state index is 12.7. The lowest BCUT2D eigenvalue weighted by molar-refractivity contribution is 0.0622. The zero-order valence-electron chi connectivity index (χ0n) is 13.1. The van der Waals surface area contributed by atoms with Gasteiger partial charge in [-0.25, -0.2) is 0 Å². The zero-order chi connectivity index (χ0) is 15.4. The molecule has 0 atom stereocenters. The lowest BCUT2D eigenvalue weighted by Crippen LogP contribution is -2.49.